The van der Waals surface area contributed by atoms with Crippen molar-refractivity contribution in [2.75, 3.05) is 23.7 Å². The number of amides is 2. The van der Waals surface area contributed by atoms with Gasteiger partial charge in [0, 0.05) is 37.1 Å². The molecule has 0 bridgehead atoms. The Morgan fingerprint density at radius 3 is 2.55 bits per heavy atom. The fraction of sp³-hybridized carbons (Fsp3) is 0.292. The van der Waals surface area contributed by atoms with E-state index < -0.39 is 6.17 Å². The number of rotatable bonds is 4. The van der Waals surface area contributed by atoms with Crippen molar-refractivity contribution in [3.63, 3.8) is 0 Å². The molecule has 5 rings (SSSR count). The largest absolute Gasteiger partial charge is 0.408 e. The molecule has 33 heavy (non-hydrogen) atoms. The van der Waals surface area contributed by atoms with Crippen LogP contribution in [-0.4, -0.2) is 51.9 Å². The van der Waals surface area contributed by atoms with E-state index in [9.17, 15) is 9.59 Å². The fourth-order valence-corrected chi connectivity index (χ4v) is 4.20. The number of para-hydroxylation sites is 1. The number of benzodiazepines with no additional fused rings is 1. The molecule has 2 aromatic carbocycles. The smallest absolute Gasteiger partial charge is 0.317 e. The van der Waals surface area contributed by atoms with Gasteiger partial charge in [0.05, 0.1) is 11.4 Å². The van der Waals surface area contributed by atoms with Gasteiger partial charge in [-0.3, -0.25) is 9.59 Å². The molecule has 1 saturated heterocycles. The lowest BCUT2D eigenvalue weighted by Crippen LogP contribution is -2.36. The lowest BCUT2D eigenvalue weighted by Gasteiger charge is -2.29. The SMILES string of the molecule is CC(=O)N1CCC(c2nnc(N[C@H]3N=C(c4ccccc4)c4ccccc4NC3=O)o2)CC1. The van der Waals surface area contributed by atoms with Crippen molar-refractivity contribution in [2.45, 2.75) is 31.8 Å². The quantitative estimate of drug-likeness (QED) is 0.640. The highest BCUT2D eigenvalue weighted by Crippen LogP contribution is 2.29. The number of benzene rings is 2. The van der Waals surface area contributed by atoms with Gasteiger partial charge in [-0.1, -0.05) is 53.6 Å². The lowest BCUT2D eigenvalue weighted by atomic mass is 9.97. The van der Waals surface area contributed by atoms with Gasteiger partial charge in [0.2, 0.25) is 18.0 Å². The Hall–Kier alpha value is -4.01. The second kappa shape index (κ2) is 8.85. The van der Waals surface area contributed by atoms with Crippen molar-refractivity contribution < 1.29 is 14.0 Å². The average molecular weight is 444 g/mol. The zero-order valence-electron chi connectivity index (χ0n) is 18.2. The summed E-state index contributed by atoms with van der Waals surface area (Å²) in [5.74, 6) is 0.348. The van der Waals surface area contributed by atoms with Crippen LogP contribution in [0.5, 0.6) is 0 Å². The van der Waals surface area contributed by atoms with Crippen molar-refractivity contribution >= 4 is 29.2 Å². The van der Waals surface area contributed by atoms with Crippen molar-refractivity contribution in [3.8, 4) is 0 Å². The minimum absolute atomic E-state index is 0.0776. The minimum atomic E-state index is -0.944. The number of carbonyl (C=O) groups is 2. The topological polar surface area (TPSA) is 113 Å². The summed E-state index contributed by atoms with van der Waals surface area (Å²) in [4.78, 5) is 31.1. The van der Waals surface area contributed by atoms with Crippen LogP contribution < -0.4 is 10.6 Å². The first kappa shape index (κ1) is 20.9. The molecule has 1 fully saturated rings. The zero-order valence-corrected chi connectivity index (χ0v) is 18.2. The maximum Gasteiger partial charge on any atom is 0.317 e. The molecule has 0 saturated carbocycles. The van der Waals surface area contributed by atoms with Crippen LogP contribution >= 0.6 is 0 Å². The first-order chi connectivity index (χ1) is 16.1. The van der Waals surface area contributed by atoms with Gasteiger partial charge >= 0.3 is 6.01 Å². The average Bonchev–Trinajstić information content (AvgIpc) is 3.26. The molecule has 0 aliphatic carbocycles. The minimum Gasteiger partial charge on any atom is -0.408 e. The summed E-state index contributed by atoms with van der Waals surface area (Å²) in [6, 6.07) is 17.4. The van der Waals surface area contributed by atoms with Gasteiger partial charge < -0.3 is 20.0 Å². The normalized spacial score (nSPS) is 18.7. The van der Waals surface area contributed by atoms with E-state index in [1.165, 1.54) is 0 Å². The first-order valence-corrected chi connectivity index (χ1v) is 11.0. The second-order valence-electron chi connectivity index (χ2n) is 8.15. The van der Waals surface area contributed by atoms with Crippen LogP contribution in [0, 0.1) is 0 Å². The van der Waals surface area contributed by atoms with E-state index in [1.54, 1.807) is 6.92 Å². The van der Waals surface area contributed by atoms with Crippen LogP contribution in [-0.2, 0) is 9.59 Å². The van der Waals surface area contributed by atoms with Gasteiger partial charge in [-0.25, -0.2) is 4.99 Å². The number of piperidine rings is 1. The standard InChI is InChI=1S/C24H24N6O3/c1-15(31)30-13-11-17(12-14-30)23-28-29-24(33-23)27-21-22(32)25-19-10-6-5-9-18(19)20(26-21)16-7-3-2-4-8-16/h2-10,17,21H,11-14H2,1H3,(H,25,32)(H,27,29)/t21-/m1/s1. The molecule has 3 heterocycles. The number of aliphatic imine (C=N–C) groups is 1. The van der Waals surface area contributed by atoms with Crippen LogP contribution in [0.4, 0.5) is 11.7 Å². The molecule has 0 unspecified atom stereocenters. The predicted molar refractivity (Wildman–Crippen MR) is 123 cm³/mol. The van der Waals surface area contributed by atoms with Crippen LogP contribution in [0.25, 0.3) is 0 Å². The van der Waals surface area contributed by atoms with Crippen molar-refractivity contribution in [2.24, 2.45) is 4.99 Å². The highest BCUT2D eigenvalue weighted by atomic mass is 16.4. The molecule has 168 valence electrons. The summed E-state index contributed by atoms with van der Waals surface area (Å²) < 4.78 is 5.84. The van der Waals surface area contributed by atoms with Crippen LogP contribution in [0.1, 0.15) is 42.7 Å². The predicted octanol–water partition coefficient (Wildman–Crippen LogP) is 3.02. The van der Waals surface area contributed by atoms with E-state index in [0.717, 1.165) is 24.0 Å². The van der Waals surface area contributed by atoms with Crippen LogP contribution in [0.3, 0.4) is 0 Å². The molecule has 2 amide bonds. The van der Waals surface area contributed by atoms with E-state index in [-0.39, 0.29) is 23.7 Å². The van der Waals surface area contributed by atoms with Gasteiger partial charge in [-0.15, -0.1) is 5.10 Å². The highest BCUT2D eigenvalue weighted by Gasteiger charge is 2.29. The first-order valence-electron chi connectivity index (χ1n) is 11.0. The molecule has 3 aromatic rings. The number of hydrogen-bond acceptors (Lipinski definition) is 7. The summed E-state index contributed by atoms with van der Waals surface area (Å²) in [7, 11) is 0. The number of likely N-dealkylation sites (tertiary alicyclic amines) is 1. The number of hydrogen-bond donors (Lipinski definition) is 2. The summed E-state index contributed by atoms with van der Waals surface area (Å²) in [6.07, 6.45) is 0.577. The van der Waals surface area contributed by atoms with Crippen molar-refractivity contribution in [3.05, 3.63) is 71.6 Å². The molecular weight excluding hydrogens is 420 g/mol. The van der Waals surface area contributed by atoms with Gasteiger partial charge in [0.15, 0.2) is 0 Å². The molecule has 2 N–H and O–H groups in total. The number of anilines is 2. The molecule has 2 aliphatic rings. The third kappa shape index (κ3) is 4.34. The van der Waals surface area contributed by atoms with Gasteiger partial charge in [0.1, 0.15) is 0 Å². The maximum atomic E-state index is 13.0. The maximum absolute atomic E-state index is 13.0. The Morgan fingerprint density at radius 1 is 1.06 bits per heavy atom. The van der Waals surface area contributed by atoms with Gasteiger partial charge in [0.25, 0.3) is 5.91 Å². The molecule has 0 spiro atoms. The molecule has 9 nitrogen and oxygen atoms in total. The number of nitrogens with one attached hydrogen (secondary N) is 2. The van der Waals surface area contributed by atoms with Crippen LogP contribution in [0.2, 0.25) is 0 Å². The summed E-state index contributed by atoms with van der Waals surface area (Å²) in [6.45, 7) is 2.91. The Bertz CT molecular complexity index is 1200. The summed E-state index contributed by atoms with van der Waals surface area (Å²) in [5.41, 5.74) is 3.12. The zero-order chi connectivity index (χ0) is 22.8. The Kier molecular flexibility index (Phi) is 5.60. The fourth-order valence-electron chi connectivity index (χ4n) is 4.20. The number of carbonyl (C=O) groups excluding carboxylic acids is 2. The van der Waals surface area contributed by atoms with E-state index in [0.29, 0.717) is 30.4 Å². The lowest BCUT2D eigenvalue weighted by molar-refractivity contribution is -0.129. The van der Waals surface area contributed by atoms with E-state index in [4.69, 9.17) is 9.41 Å². The Labute approximate surface area is 190 Å². The third-order valence-electron chi connectivity index (χ3n) is 5.98. The van der Waals surface area contributed by atoms with E-state index in [1.807, 2.05) is 59.5 Å². The van der Waals surface area contributed by atoms with Crippen molar-refractivity contribution in [1.29, 1.82) is 0 Å². The Morgan fingerprint density at radius 2 is 1.79 bits per heavy atom. The summed E-state index contributed by atoms with van der Waals surface area (Å²) in [5, 5.41) is 14.2. The monoisotopic (exact) mass is 444 g/mol. The van der Waals surface area contributed by atoms with E-state index in [2.05, 4.69) is 20.8 Å². The van der Waals surface area contributed by atoms with Crippen molar-refractivity contribution in [1.82, 2.24) is 15.1 Å². The molecule has 9 heteroatoms. The molecule has 1 aromatic heterocycles. The van der Waals surface area contributed by atoms with Crippen LogP contribution in [0.15, 0.2) is 64.0 Å². The summed E-state index contributed by atoms with van der Waals surface area (Å²) >= 11 is 0. The molecule has 1 atom stereocenters. The molecular formula is C24H24N6O3. The third-order valence-corrected chi connectivity index (χ3v) is 5.98. The van der Waals surface area contributed by atoms with Gasteiger partial charge in [-0.05, 0) is 18.9 Å². The molecule has 0 radical (unpaired) electrons. The molecule has 2 aliphatic heterocycles. The number of fused-ring (bicyclic) bond motifs is 1. The highest BCUT2D eigenvalue weighted by molar-refractivity contribution is 6.19. The number of nitrogens with zero attached hydrogens (tertiary/aromatic N) is 4. The van der Waals surface area contributed by atoms with Gasteiger partial charge in [-0.2, -0.15) is 0 Å². The Balaban J connectivity index is 1.39. The second-order valence-corrected chi connectivity index (χ2v) is 8.15. The number of aromatic nitrogens is 2. The van der Waals surface area contributed by atoms with E-state index >= 15 is 0 Å².